The summed E-state index contributed by atoms with van der Waals surface area (Å²) in [5, 5.41) is 11.4. The van der Waals surface area contributed by atoms with Gasteiger partial charge in [-0.1, -0.05) is 0 Å². The fourth-order valence-corrected chi connectivity index (χ4v) is 1.97. The van der Waals surface area contributed by atoms with E-state index < -0.39 is 11.9 Å². The van der Waals surface area contributed by atoms with Crippen LogP contribution in [0.5, 0.6) is 0 Å². The van der Waals surface area contributed by atoms with Gasteiger partial charge in [0.05, 0.1) is 22.3 Å². The zero-order valence-electron chi connectivity index (χ0n) is 8.79. The largest absolute Gasteiger partial charge is 0.394 e. The molecule has 7 heteroatoms. The van der Waals surface area contributed by atoms with Crippen LogP contribution in [0.25, 0.3) is 10.2 Å². The molecule has 0 spiro atoms. The molecule has 0 aliphatic rings. The Morgan fingerprint density at radius 2 is 2.35 bits per heavy atom. The van der Waals surface area contributed by atoms with Gasteiger partial charge in [0.15, 0.2) is 0 Å². The van der Waals surface area contributed by atoms with Gasteiger partial charge in [-0.05, 0) is 18.2 Å². The Balaban J connectivity index is 0.00000144. The molecule has 0 bridgehead atoms. The maximum absolute atomic E-state index is 11.4. The van der Waals surface area contributed by atoms with Crippen molar-refractivity contribution in [2.24, 2.45) is 5.73 Å². The number of aliphatic hydroxyl groups excluding tert-OH is 1. The van der Waals surface area contributed by atoms with Crippen molar-refractivity contribution in [3.63, 3.8) is 0 Å². The van der Waals surface area contributed by atoms with Gasteiger partial charge >= 0.3 is 0 Å². The van der Waals surface area contributed by atoms with Crippen LogP contribution in [0.3, 0.4) is 0 Å². The molecule has 5 nitrogen and oxygen atoms in total. The highest BCUT2D eigenvalue weighted by molar-refractivity contribution is 7.16. The van der Waals surface area contributed by atoms with Crippen molar-refractivity contribution in [2.75, 3.05) is 11.9 Å². The molecule has 92 valence electrons. The van der Waals surface area contributed by atoms with E-state index in [0.717, 1.165) is 10.2 Å². The van der Waals surface area contributed by atoms with Crippen LogP contribution >= 0.6 is 23.7 Å². The second-order valence-electron chi connectivity index (χ2n) is 3.31. The van der Waals surface area contributed by atoms with Crippen molar-refractivity contribution in [1.82, 2.24) is 4.98 Å². The number of carbonyl (C=O) groups is 1. The number of hydrogen-bond acceptors (Lipinski definition) is 5. The number of fused-ring (bicyclic) bond motifs is 1. The van der Waals surface area contributed by atoms with Crippen LogP contribution < -0.4 is 11.1 Å². The van der Waals surface area contributed by atoms with E-state index in [-0.39, 0.29) is 19.0 Å². The van der Waals surface area contributed by atoms with E-state index in [1.165, 1.54) is 11.3 Å². The predicted octanol–water partition coefficient (Wildman–Crippen LogP) is 0.976. The quantitative estimate of drug-likeness (QED) is 0.778. The highest BCUT2D eigenvalue weighted by Gasteiger charge is 2.12. The molecule has 1 heterocycles. The number of nitrogens with zero attached hydrogens (tertiary/aromatic N) is 1. The standard InChI is InChI=1S/C10H11N3O2S.ClH/c11-7(4-14)10(15)13-6-1-2-8-9(3-6)16-5-12-8;/h1-3,5,7,14H,4,11H2,(H,13,15);1H. The van der Waals surface area contributed by atoms with Crippen LogP contribution in [0.15, 0.2) is 23.7 Å². The molecule has 0 fully saturated rings. The Labute approximate surface area is 108 Å². The number of hydrogen-bond donors (Lipinski definition) is 3. The minimum Gasteiger partial charge on any atom is -0.394 e. The van der Waals surface area contributed by atoms with Gasteiger partial charge in [0.25, 0.3) is 0 Å². The van der Waals surface area contributed by atoms with E-state index in [1.54, 1.807) is 11.6 Å². The molecule has 1 aromatic heterocycles. The minimum absolute atomic E-state index is 0. The molecular formula is C10H12ClN3O2S. The van der Waals surface area contributed by atoms with E-state index in [2.05, 4.69) is 10.3 Å². The molecule has 2 rings (SSSR count). The third-order valence-electron chi connectivity index (χ3n) is 2.13. The molecule has 0 aliphatic carbocycles. The van der Waals surface area contributed by atoms with E-state index in [4.69, 9.17) is 10.8 Å². The first kappa shape index (κ1) is 13.9. The fourth-order valence-electron chi connectivity index (χ4n) is 1.25. The van der Waals surface area contributed by atoms with Gasteiger partial charge < -0.3 is 16.2 Å². The number of halogens is 1. The van der Waals surface area contributed by atoms with Gasteiger partial charge in [-0.2, -0.15) is 0 Å². The number of rotatable bonds is 3. The molecule has 0 radical (unpaired) electrons. The lowest BCUT2D eigenvalue weighted by molar-refractivity contribution is -0.118. The molecule has 1 aromatic carbocycles. The van der Waals surface area contributed by atoms with Crippen molar-refractivity contribution in [3.05, 3.63) is 23.7 Å². The molecule has 17 heavy (non-hydrogen) atoms. The van der Waals surface area contributed by atoms with Crippen LogP contribution in [0.1, 0.15) is 0 Å². The average Bonchev–Trinajstić information content (AvgIpc) is 2.75. The summed E-state index contributed by atoms with van der Waals surface area (Å²) in [5.74, 6) is -0.397. The zero-order chi connectivity index (χ0) is 11.5. The zero-order valence-corrected chi connectivity index (χ0v) is 10.4. The number of nitrogens with two attached hydrogens (primary N) is 1. The van der Waals surface area contributed by atoms with Crippen LogP contribution in [0.4, 0.5) is 5.69 Å². The van der Waals surface area contributed by atoms with Gasteiger partial charge in [-0.15, -0.1) is 23.7 Å². The van der Waals surface area contributed by atoms with Gasteiger partial charge in [0.1, 0.15) is 6.04 Å². The molecule has 0 saturated heterocycles. The monoisotopic (exact) mass is 273 g/mol. The Kier molecular flexibility index (Phi) is 4.83. The normalized spacial score (nSPS) is 11.9. The van der Waals surface area contributed by atoms with Crippen LogP contribution in [0.2, 0.25) is 0 Å². The van der Waals surface area contributed by atoms with E-state index >= 15 is 0 Å². The summed E-state index contributed by atoms with van der Waals surface area (Å²) in [6.07, 6.45) is 0. The minimum atomic E-state index is -0.892. The molecular weight excluding hydrogens is 262 g/mol. The Morgan fingerprint density at radius 1 is 1.59 bits per heavy atom. The van der Waals surface area contributed by atoms with Crippen molar-refractivity contribution >= 4 is 45.6 Å². The Hall–Kier alpha value is -1.21. The summed E-state index contributed by atoms with van der Waals surface area (Å²) < 4.78 is 0.996. The van der Waals surface area contributed by atoms with Crippen LogP contribution in [-0.2, 0) is 4.79 Å². The highest BCUT2D eigenvalue weighted by atomic mass is 35.5. The molecule has 1 unspecified atom stereocenters. The summed E-state index contributed by atoms with van der Waals surface area (Å²) >= 11 is 1.50. The lowest BCUT2D eigenvalue weighted by atomic mass is 10.2. The first-order valence-electron chi connectivity index (χ1n) is 4.71. The Bertz CT molecular complexity index is 517. The number of thiazole rings is 1. The number of carbonyl (C=O) groups excluding carboxylic acids is 1. The number of aromatic nitrogens is 1. The van der Waals surface area contributed by atoms with Gasteiger partial charge in [0.2, 0.25) is 5.91 Å². The molecule has 1 amide bonds. The number of benzene rings is 1. The van der Waals surface area contributed by atoms with Crippen molar-refractivity contribution in [2.45, 2.75) is 6.04 Å². The maximum Gasteiger partial charge on any atom is 0.243 e. The van der Waals surface area contributed by atoms with Gasteiger partial charge in [-0.3, -0.25) is 4.79 Å². The topological polar surface area (TPSA) is 88.2 Å². The predicted molar refractivity (Wildman–Crippen MR) is 70.6 cm³/mol. The molecule has 4 N–H and O–H groups in total. The first-order chi connectivity index (χ1) is 7.70. The third kappa shape index (κ3) is 3.13. The summed E-state index contributed by atoms with van der Waals surface area (Å²) in [6.45, 7) is -0.366. The highest BCUT2D eigenvalue weighted by Crippen LogP contribution is 2.21. The molecule has 2 aromatic rings. The van der Waals surface area contributed by atoms with E-state index in [1.807, 2.05) is 12.1 Å². The Morgan fingerprint density at radius 3 is 3.06 bits per heavy atom. The van der Waals surface area contributed by atoms with Crippen LogP contribution in [0, 0.1) is 0 Å². The second kappa shape index (κ2) is 5.92. The number of amides is 1. The van der Waals surface area contributed by atoms with E-state index in [0.29, 0.717) is 5.69 Å². The molecule has 0 saturated carbocycles. The molecule has 1 atom stereocenters. The average molecular weight is 274 g/mol. The van der Waals surface area contributed by atoms with Crippen molar-refractivity contribution in [3.8, 4) is 0 Å². The lowest BCUT2D eigenvalue weighted by Gasteiger charge is -2.09. The van der Waals surface area contributed by atoms with E-state index in [9.17, 15) is 4.79 Å². The molecule has 0 aliphatic heterocycles. The SMILES string of the molecule is Cl.NC(CO)C(=O)Nc1ccc2ncsc2c1. The van der Waals surface area contributed by atoms with Crippen molar-refractivity contribution in [1.29, 1.82) is 0 Å². The maximum atomic E-state index is 11.4. The smallest absolute Gasteiger partial charge is 0.243 e. The number of aliphatic hydroxyl groups is 1. The second-order valence-corrected chi connectivity index (χ2v) is 4.20. The third-order valence-corrected chi connectivity index (χ3v) is 2.92. The van der Waals surface area contributed by atoms with Crippen molar-refractivity contribution < 1.29 is 9.90 Å². The summed E-state index contributed by atoms with van der Waals surface area (Å²) in [6, 6.07) is 4.52. The first-order valence-corrected chi connectivity index (χ1v) is 5.59. The summed E-state index contributed by atoms with van der Waals surface area (Å²) in [4.78, 5) is 15.5. The summed E-state index contributed by atoms with van der Waals surface area (Å²) in [7, 11) is 0. The lowest BCUT2D eigenvalue weighted by Crippen LogP contribution is -2.38. The summed E-state index contributed by atoms with van der Waals surface area (Å²) in [5.41, 5.74) is 8.69. The number of anilines is 1. The van der Waals surface area contributed by atoms with Gasteiger partial charge in [0, 0.05) is 5.69 Å². The fraction of sp³-hybridized carbons (Fsp3) is 0.200. The number of nitrogens with one attached hydrogen (secondary N) is 1. The van der Waals surface area contributed by atoms with Gasteiger partial charge in [-0.25, -0.2) is 4.98 Å². The van der Waals surface area contributed by atoms with Crippen LogP contribution in [-0.4, -0.2) is 28.6 Å².